The maximum atomic E-state index is 14.3. The van der Waals surface area contributed by atoms with Crippen LogP contribution in [0.5, 0.6) is 0 Å². The highest BCUT2D eigenvalue weighted by atomic mass is 31.2. The summed E-state index contributed by atoms with van der Waals surface area (Å²) in [6.07, 6.45) is 8.77. The summed E-state index contributed by atoms with van der Waals surface area (Å²) in [5.41, 5.74) is 2.64. The molecule has 1 spiro atoms. The molecule has 3 N–H and O–H groups in total. The van der Waals surface area contributed by atoms with Gasteiger partial charge in [-0.3, -0.25) is 24.0 Å². The Morgan fingerprint density at radius 1 is 0.955 bits per heavy atom. The predicted octanol–water partition coefficient (Wildman–Crippen LogP) is 4.97. The molecule has 3 aromatic rings. The van der Waals surface area contributed by atoms with Crippen molar-refractivity contribution in [2.24, 2.45) is 0 Å². The molecule has 2 amide bonds. The van der Waals surface area contributed by atoms with Crippen molar-refractivity contribution >= 4 is 30.3 Å². The monoisotopic (exact) mass is 616 g/mol. The summed E-state index contributed by atoms with van der Waals surface area (Å²) >= 11 is 0. The highest BCUT2D eigenvalue weighted by Gasteiger charge is 2.58. The molecular weight excluding hydrogens is 575 g/mol. The van der Waals surface area contributed by atoms with E-state index in [-0.39, 0.29) is 29.4 Å². The van der Waals surface area contributed by atoms with Crippen LogP contribution < -0.4 is 5.32 Å². The number of carbonyl (C=O) groups excluding carboxylic acids is 2. The van der Waals surface area contributed by atoms with E-state index in [1.807, 2.05) is 12.1 Å². The summed E-state index contributed by atoms with van der Waals surface area (Å²) in [6, 6.07) is 19.4. The number of hydrogen-bond donors (Lipinski definition) is 3. The molecule has 0 radical (unpaired) electrons. The molecule has 2 aromatic carbocycles. The van der Waals surface area contributed by atoms with Crippen LogP contribution in [0.25, 0.3) is 10.9 Å². The summed E-state index contributed by atoms with van der Waals surface area (Å²) in [7, 11) is -4.25. The Balaban J connectivity index is 1.06. The van der Waals surface area contributed by atoms with Gasteiger partial charge in [0.1, 0.15) is 0 Å². The van der Waals surface area contributed by atoms with Crippen LogP contribution in [0.3, 0.4) is 0 Å². The fourth-order valence-corrected chi connectivity index (χ4v) is 8.61. The molecule has 0 bridgehead atoms. The minimum atomic E-state index is -4.25. The molecule has 4 fully saturated rings. The minimum Gasteiger partial charge on any atom is -0.348 e. The zero-order chi connectivity index (χ0) is 30.5. The van der Waals surface area contributed by atoms with Crippen LogP contribution in [0.1, 0.15) is 85.3 Å². The standard InChI is InChI=1S/C34H41N4O5P/c39-32(25-11-10-24-12-13-28(22-44(41,42)43)35-30(24)18-25)36-27-8-4-5-9-29-14-15-31(37(29)21-27)33(40)38-20-26(19-34(38)16-17-34)23-6-2-1-3-7-23/h1-3,6-7,10-13,18,26-27,29,31H,4-5,8-9,14-17,19-22H2,(H,36,39)(H2,41,42,43)/t26?,27?,29-,31-/m0/s1. The molecule has 44 heavy (non-hydrogen) atoms. The number of nitrogens with one attached hydrogen (secondary N) is 1. The van der Waals surface area contributed by atoms with Gasteiger partial charge in [-0.2, -0.15) is 0 Å². The van der Waals surface area contributed by atoms with Gasteiger partial charge in [0.2, 0.25) is 5.91 Å². The molecular formula is C34H41N4O5P. The Hall–Kier alpha value is -3.10. The van der Waals surface area contributed by atoms with Gasteiger partial charge < -0.3 is 20.0 Å². The van der Waals surface area contributed by atoms with E-state index in [0.717, 1.165) is 69.7 Å². The number of benzene rings is 2. The van der Waals surface area contributed by atoms with Gasteiger partial charge in [0.25, 0.3) is 5.91 Å². The van der Waals surface area contributed by atoms with Crippen LogP contribution in [0, 0.1) is 0 Å². The highest BCUT2D eigenvalue weighted by molar-refractivity contribution is 7.50. The van der Waals surface area contributed by atoms with Crippen molar-refractivity contribution in [3.63, 3.8) is 0 Å². The third-order valence-corrected chi connectivity index (χ3v) is 11.1. The van der Waals surface area contributed by atoms with Crippen molar-refractivity contribution in [3.05, 3.63) is 77.5 Å². The second-order valence-electron chi connectivity index (χ2n) is 13.4. The zero-order valence-electron chi connectivity index (χ0n) is 25.0. The van der Waals surface area contributed by atoms with Gasteiger partial charge in [-0.05, 0) is 68.7 Å². The SMILES string of the molecule is O=C(NC1CCCC[C@H]2CC[C@@H](C(=O)N3CC(c4ccccc4)CC34CC4)N2C1)c1ccc2ccc(CP(=O)(O)O)nc2c1. The second-order valence-corrected chi connectivity index (χ2v) is 15.1. The summed E-state index contributed by atoms with van der Waals surface area (Å²) < 4.78 is 11.5. The number of likely N-dealkylation sites (tertiary alicyclic amines) is 1. The van der Waals surface area contributed by atoms with E-state index >= 15 is 0 Å². The molecule has 4 heterocycles. The molecule has 3 saturated heterocycles. The number of hydrogen-bond acceptors (Lipinski definition) is 5. The largest absolute Gasteiger partial charge is 0.348 e. The fraction of sp³-hybridized carbons (Fsp3) is 0.500. The van der Waals surface area contributed by atoms with Gasteiger partial charge in [0, 0.05) is 47.6 Å². The molecule has 7 rings (SSSR count). The normalized spacial score (nSPS) is 26.7. The van der Waals surface area contributed by atoms with Gasteiger partial charge in [-0.25, -0.2) is 0 Å². The number of carbonyl (C=O) groups is 2. The summed E-state index contributed by atoms with van der Waals surface area (Å²) in [5, 5.41) is 4.06. The summed E-state index contributed by atoms with van der Waals surface area (Å²) in [5.74, 6) is 0.477. The number of amides is 2. The smallest absolute Gasteiger partial charge is 0.331 e. The van der Waals surface area contributed by atoms with Crippen molar-refractivity contribution in [2.45, 2.75) is 93.5 Å². The Bertz CT molecular complexity index is 1610. The van der Waals surface area contributed by atoms with Crippen LogP contribution in [-0.2, 0) is 15.5 Å². The third kappa shape index (κ3) is 6.08. The van der Waals surface area contributed by atoms with Gasteiger partial charge in [0.15, 0.2) is 0 Å². The van der Waals surface area contributed by atoms with E-state index in [4.69, 9.17) is 0 Å². The first-order valence-corrected chi connectivity index (χ1v) is 17.8. The van der Waals surface area contributed by atoms with E-state index in [1.165, 1.54) is 5.56 Å². The van der Waals surface area contributed by atoms with Gasteiger partial charge >= 0.3 is 7.60 Å². The quantitative estimate of drug-likeness (QED) is 0.335. The molecule has 1 aliphatic carbocycles. The highest BCUT2D eigenvalue weighted by Crippen LogP contribution is 2.54. The Kier molecular flexibility index (Phi) is 7.86. The first-order chi connectivity index (χ1) is 21.2. The van der Waals surface area contributed by atoms with Crippen LogP contribution in [0.15, 0.2) is 60.7 Å². The molecule has 1 aromatic heterocycles. The Morgan fingerprint density at radius 2 is 1.73 bits per heavy atom. The lowest BCUT2D eigenvalue weighted by Crippen LogP contribution is -2.54. The van der Waals surface area contributed by atoms with E-state index in [0.29, 0.717) is 35.3 Å². The van der Waals surface area contributed by atoms with Crippen molar-refractivity contribution in [2.75, 3.05) is 13.1 Å². The molecule has 10 heteroatoms. The third-order valence-electron chi connectivity index (χ3n) is 10.4. The van der Waals surface area contributed by atoms with Crippen molar-refractivity contribution in [1.82, 2.24) is 20.1 Å². The molecule has 4 atom stereocenters. The van der Waals surface area contributed by atoms with Crippen molar-refractivity contribution in [1.29, 1.82) is 0 Å². The Morgan fingerprint density at radius 3 is 2.50 bits per heavy atom. The zero-order valence-corrected chi connectivity index (χ0v) is 25.9. The maximum Gasteiger partial charge on any atom is 0.331 e. The van der Waals surface area contributed by atoms with Crippen LogP contribution in [0.2, 0.25) is 0 Å². The lowest BCUT2D eigenvalue weighted by atomic mass is 9.96. The second kappa shape index (κ2) is 11.7. The van der Waals surface area contributed by atoms with Crippen molar-refractivity contribution in [3.8, 4) is 0 Å². The van der Waals surface area contributed by atoms with E-state index in [2.05, 4.69) is 44.4 Å². The van der Waals surface area contributed by atoms with Gasteiger partial charge in [-0.1, -0.05) is 55.3 Å². The van der Waals surface area contributed by atoms with E-state index < -0.39 is 13.8 Å². The molecule has 2 unspecified atom stereocenters. The van der Waals surface area contributed by atoms with Crippen LogP contribution in [-0.4, -0.2) is 73.1 Å². The van der Waals surface area contributed by atoms with Crippen LogP contribution >= 0.6 is 7.60 Å². The molecule has 3 aliphatic heterocycles. The fourth-order valence-electron chi connectivity index (χ4n) is 8.01. The lowest BCUT2D eigenvalue weighted by Gasteiger charge is -2.37. The topological polar surface area (TPSA) is 123 Å². The molecule has 4 aliphatic rings. The number of rotatable bonds is 6. The number of pyridine rings is 1. The van der Waals surface area contributed by atoms with E-state index in [9.17, 15) is 23.9 Å². The van der Waals surface area contributed by atoms with E-state index in [1.54, 1.807) is 24.3 Å². The molecule has 9 nitrogen and oxygen atoms in total. The minimum absolute atomic E-state index is 0.0291. The number of nitrogens with zero attached hydrogens (tertiary/aromatic N) is 3. The maximum absolute atomic E-state index is 14.3. The lowest BCUT2D eigenvalue weighted by molar-refractivity contribution is -0.138. The number of fused-ring (bicyclic) bond motifs is 2. The average Bonchev–Trinajstić information content (AvgIpc) is 3.51. The first-order valence-electron chi connectivity index (χ1n) is 16.0. The van der Waals surface area contributed by atoms with Gasteiger partial charge in [0.05, 0.1) is 23.4 Å². The predicted molar refractivity (Wildman–Crippen MR) is 168 cm³/mol. The summed E-state index contributed by atoms with van der Waals surface area (Å²) in [4.78, 5) is 55.5. The van der Waals surface area contributed by atoms with Crippen molar-refractivity contribution < 1.29 is 23.9 Å². The van der Waals surface area contributed by atoms with Gasteiger partial charge in [-0.15, -0.1) is 0 Å². The molecule has 1 saturated carbocycles. The summed E-state index contributed by atoms with van der Waals surface area (Å²) in [6.45, 7) is 1.46. The first kappa shape index (κ1) is 29.6. The average molecular weight is 617 g/mol. The number of aromatic nitrogens is 1. The van der Waals surface area contributed by atoms with Crippen LogP contribution in [0.4, 0.5) is 0 Å². The Labute approximate surface area is 258 Å². The molecule has 232 valence electrons.